The Hall–Kier alpha value is -1.16. The van der Waals surface area contributed by atoms with E-state index in [9.17, 15) is 5.11 Å². The smallest absolute Gasteiger partial charge is 0.159 e. The monoisotopic (exact) mass is 176 g/mol. The van der Waals surface area contributed by atoms with Gasteiger partial charge in [0.2, 0.25) is 0 Å². The summed E-state index contributed by atoms with van der Waals surface area (Å²) in [6.07, 6.45) is 3.59. The average molecular weight is 176 g/mol. The molecule has 0 saturated heterocycles. The highest BCUT2D eigenvalue weighted by Crippen LogP contribution is 2.28. The standard InChI is InChI=1S/C10H12N2O/c11-9-6-5-7-3-1-2-4-8(7)10(9,12)13/h1-6,9,13H,11-12H2. The van der Waals surface area contributed by atoms with Crippen molar-refractivity contribution in [3.05, 3.63) is 41.5 Å². The van der Waals surface area contributed by atoms with E-state index in [1.54, 1.807) is 12.1 Å². The molecule has 0 bridgehead atoms. The minimum absolute atomic E-state index is 0.539. The zero-order chi connectivity index (χ0) is 9.47. The number of aliphatic hydroxyl groups is 1. The largest absolute Gasteiger partial charge is 0.370 e. The maximum atomic E-state index is 9.90. The van der Waals surface area contributed by atoms with E-state index in [1.807, 2.05) is 24.3 Å². The third-order valence-corrected chi connectivity index (χ3v) is 2.38. The zero-order valence-electron chi connectivity index (χ0n) is 7.14. The first kappa shape index (κ1) is 8.44. The third kappa shape index (κ3) is 1.18. The molecule has 1 aliphatic carbocycles. The van der Waals surface area contributed by atoms with E-state index in [0.29, 0.717) is 5.56 Å². The van der Waals surface area contributed by atoms with Gasteiger partial charge in [0.15, 0.2) is 5.72 Å². The summed E-state index contributed by atoms with van der Waals surface area (Å²) in [5.74, 6) is 0. The van der Waals surface area contributed by atoms with Crippen LogP contribution in [-0.2, 0) is 5.72 Å². The predicted molar refractivity (Wildman–Crippen MR) is 51.5 cm³/mol. The third-order valence-electron chi connectivity index (χ3n) is 2.38. The summed E-state index contributed by atoms with van der Waals surface area (Å²) in [7, 11) is 0. The van der Waals surface area contributed by atoms with Crippen molar-refractivity contribution in [2.24, 2.45) is 11.5 Å². The van der Waals surface area contributed by atoms with Gasteiger partial charge in [0.25, 0.3) is 0 Å². The second-order valence-electron chi connectivity index (χ2n) is 3.30. The van der Waals surface area contributed by atoms with Gasteiger partial charge in [0, 0.05) is 5.56 Å². The molecule has 0 saturated carbocycles. The lowest BCUT2D eigenvalue weighted by Crippen LogP contribution is -2.53. The van der Waals surface area contributed by atoms with Crippen LogP contribution in [0.15, 0.2) is 30.3 Å². The highest BCUT2D eigenvalue weighted by atomic mass is 16.3. The molecule has 2 atom stereocenters. The van der Waals surface area contributed by atoms with Gasteiger partial charge in [-0.1, -0.05) is 36.4 Å². The number of rotatable bonds is 0. The van der Waals surface area contributed by atoms with Crippen molar-refractivity contribution in [2.75, 3.05) is 0 Å². The number of benzene rings is 1. The molecule has 68 valence electrons. The number of nitrogens with two attached hydrogens (primary N) is 2. The van der Waals surface area contributed by atoms with Gasteiger partial charge in [0.1, 0.15) is 0 Å². The van der Waals surface area contributed by atoms with Gasteiger partial charge < -0.3 is 10.8 Å². The van der Waals surface area contributed by atoms with Crippen LogP contribution >= 0.6 is 0 Å². The van der Waals surface area contributed by atoms with Crippen molar-refractivity contribution in [3.8, 4) is 0 Å². The Morgan fingerprint density at radius 3 is 2.77 bits per heavy atom. The number of hydrogen-bond donors (Lipinski definition) is 3. The Bertz CT molecular complexity index is 358. The molecule has 0 fully saturated rings. The first-order valence-corrected chi connectivity index (χ1v) is 4.17. The Morgan fingerprint density at radius 1 is 1.31 bits per heavy atom. The van der Waals surface area contributed by atoms with Crippen molar-refractivity contribution in [2.45, 2.75) is 11.8 Å². The summed E-state index contributed by atoms with van der Waals surface area (Å²) in [4.78, 5) is 0. The lowest BCUT2D eigenvalue weighted by atomic mass is 9.87. The van der Waals surface area contributed by atoms with Gasteiger partial charge in [-0.25, -0.2) is 0 Å². The van der Waals surface area contributed by atoms with Gasteiger partial charge in [-0.3, -0.25) is 5.73 Å². The summed E-state index contributed by atoms with van der Waals surface area (Å²) in [6.45, 7) is 0. The van der Waals surface area contributed by atoms with E-state index in [1.165, 1.54) is 0 Å². The highest BCUT2D eigenvalue weighted by molar-refractivity contribution is 5.59. The van der Waals surface area contributed by atoms with Gasteiger partial charge in [0.05, 0.1) is 6.04 Å². The first-order valence-electron chi connectivity index (χ1n) is 4.17. The highest BCUT2D eigenvalue weighted by Gasteiger charge is 2.34. The molecule has 0 amide bonds. The van der Waals surface area contributed by atoms with Crippen LogP contribution in [0, 0.1) is 0 Å². The Balaban J connectivity index is 2.61. The van der Waals surface area contributed by atoms with Crippen LogP contribution in [0.5, 0.6) is 0 Å². The Morgan fingerprint density at radius 2 is 2.00 bits per heavy atom. The summed E-state index contributed by atoms with van der Waals surface area (Å²) < 4.78 is 0. The molecular weight excluding hydrogens is 164 g/mol. The van der Waals surface area contributed by atoms with Gasteiger partial charge in [-0.15, -0.1) is 0 Å². The second kappa shape index (κ2) is 2.67. The van der Waals surface area contributed by atoms with Crippen molar-refractivity contribution in [1.82, 2.24) is 0 Å². The molecule has 1 aromatic carbocycles. The fraction of sp³-hybridized carbons (Fsp3) is 0.200. The maximum absolute atomic E-state index is 9.90. The molecule has 2 unspecified atom stereocenters. The molecule has 0 aromatic heterocycles. The van der Waals surface area contributed by atoms with Crippen LogP contribution in [0.25, 0.3) is 6.08 Å². The fourth-order valence-electron chi connectivity index (χ4n) is 1.54. The molecule has 0 aliphatic heterocycles. The minimum Gasteiger partial charge on any atom is -0.370 e. The molecule has 1 aliphatic rings. The molecule has 3 nitrogen and oxygen atoms in total. The molecule has 1 aromatic rings. The number of fused-ring (bicyclic) bond motifs is 1. The van der Waals surface area contributed by atoms with E-state index < -0.39 is 11.8 Å². The van der Waals surface area contributed by atoms with E-state index >= 15 is 0 Å². The quantitative estimate of drug-likeness (QED) is 0.492. The van der Waals surface area contributed by atoms with Crippen LogP contribution in [0.3, 0.4) is 0 Å². The predicted octanol–water partition coefficient (Wildman–Crippen LogP) is 0.145. The van der Waals surface area contributed by atoms with Crippen molar-refractivity contribution in [1.29, 1.82) is 0 Å². The van der Waals surface area contributed by atoms with Crippen molar-refractivity contribution < 1.29 is 5.11 Å². The minimum atomic E-state index is -1.44. The maximum Gasteiger partial charge on any atom is 0.159 e. The van der Waals surface area contributed by atoms with E-state index in [4.69, 9.17) is 11.5 Å². The SMILES string of the molecule is NC1C=Cc2ccccc2C1(N)O. The molecular formula is C10H12N2O. The first-order chi connectivity index (χ1) is 6.12. The van der Waals surface area contributed by atoms with Crippen LogP contribution in [0.1, 0.15) is 11.1 Å². The van der Waals surface area contributed by atoms with Crippen molar-refractivity contribution >= 4 is 6.08 Å². The Labute approximate surface area is 76.7 Å². The molecule has 2 rings (SSSR count). The van der Waals surface area contributed by atoms with Crippen LogP contribution in [0.2, 0.25) is 0 Å². The fourth-order valence-corrected chi connectivity index (χ4v) is 1.54. The molecule has 3 heteroatoms. The Kier molecular flexibility index (Phi) is 1.73. The van der Waals surface area contributed by atoms with E-state index in [0.717, 1.165) is 5.56 Å². The van der Waals surface area contributed by atoms with Crippen LogP contribution in [-0.4, -0.2) is 11.1 Å². The molecule has 0 heterocycles. The summed E-state index contributed by atoms with van der Waals surface area (Å²) >= 11 is 0. The zero-order valence-corrected chi connectivity index (χ0v) is 7.14. The van der Waals surface area contributed by atoms with Crippen LogP contribution in [0.4, 0.5) is 0 Å². The van der Waals surface area contributed by atoms with Gasteiger partial charge >= 0.3 is 0 Å². The molecule has 0 radical (unpaired) electrons. The number of hydrogen-bond acceptors (Lipinski definition) is 3. The summed E-state index contributed by atoms with van der Waals surface area (Å²) in [5.41, 5.74) is 11.5. The lowest BCUT2D eigenvalue weighted by molar-refractivity contribution is 0.0291. The summed E-state index contributed by atoms with van der Waals surface area (Å²) in [6, 6.07) is 6.88. The van der Waals surface area contributed by atoms with Crippen molar-refractivity contribution in [3.63, 3.8) is 0 Å². The molecule has 13 heavy (non-hydrogen) atoms. The van der Waals surface area contributed by atoms with Crippen LogP contribution < -0.4 is 11.5 Å². The average Bonchev–Trinajstić information content (AvgIpc) is 2.13. The summed E-state index contributed by atoms with van der Waals surface area (Å²) in [5, 5.41) is 9.90. The molecule has 0 spiro atoms. The second-order valence-corrected chi connectivity index (χ2v) is 3.30. The van der Waals surface area contributed by atoms with E-state index in [2.05, 4.69) is 0 Å². The molecule has 5 N–H and O–H groups in total. The topological polar surface area (TPSA) is 72.3 Å². The van der Waals surface area contributed by atoms with E-state index in [-0.39, 0.29) is 0 Å². The van der Waals surface area contributed by atoms with Gasteiger partial charge in [-0.2, -0.15) is 0 Å². The van der Waals surface area contributed by atoms with Gasteiger partial charge in [-0.05, 0) is 5.56 Å². The lowest BCUT2D eigenvalue weighted by Gasteiger charge is -2.32. The normalized spacial score (nSPS) is 31.5.